The Labute approximate surface area is 105 Å². The van der Waals surface area contributed by atoms with E-state index in [1.807, 2.05) is 0 Å². The monoisotopic (exact) mass is 270 g/mol. The third kappa shape index (κ3) is 2.80. The third-order valence-electron chi connectivity index (χ3n) is 2.08. The van der Waals surface area contributed by atoms with Crippen LogP contribution < -0.4 is 5.32 Å². The van der Waals surface area contributed by atoms with Crippen LogP contribution in [0.15, 0.2) is 23.6 Å². The number of carboxylic acids is 1. The zero-order valence-electron chi connectivity index (χ0n) is 8.98. The zero-order chi connectivity index (χ0) is 13.1. The van der Waals surface area contributed by atoms with Gasteiger partial charge in [-0.1, -0.05) is 6.07 Å². The number of hydrogen-bond donors (Lipinski definition) is 2. The number of halogens is 2. The van der Waals surface area contributed by atoms with Crippen LogP contribution in [0, 0.1) is 11.6 Å². The molecule has 0 bridgehead atoms. The minimum Gasteiger partial charge on any atom is -0.481 e. The first-order valence-corrected chi connectivity index (χ1v) is 5.81. The van der Waals surface area contributed by atoms with E-state index in [0.29, 0.717) is 5.69 Å². The smallest absolute Gasteiger partial charge is 0.309 e. The molecule has 4 nitrogen and oxygen atoms in total. The summed E-state index contributed by atoms with van der Waals surface area (Å²) >= 11 is 1.08. The Morgan fingerprint density at radius 1 is 1.39 bits per heavy atom. The summed E-state index contributed by atoms with van der Waals surface area (Å²) in [4.78, 5) is 14.4. The Kier molecular flexibility index (Phi) is 3.52. The summed E-state index contributed by atoms with van der Waals surface area (Å²) in [5, 5.41) is 12.8. The van der Waals surface area contributed by atoms with E-state index in [1.54, 1.807) is 0 Å². The predicted molar refractivity (Wildman–Crippen MR) is 63.1 cm³/mol. The van der Waals surface area contributed by atoms with Gasteiger partial charge in [-0.15, -0.1) is 11.3 Å². The number of thiazole rings is 1. The average molecular weight is 270 g/mol. The molecular weight excluding hydrogens is 262 g/mol. The minimum absolute atomic E-state index is 0.224. The highest BCUT2D eigenvalue weighted by molar-refractivity contribution is 7.13. The zero-order valence-corrected chi connectivity index (χ0v) is 9.80. The van der Waals surface area contributed by atoms with Gasteiger partial charge in [-0.25, -0.2) is 13.8 Å². The molecule has 0 spiro atoms. The molecule has 7 heteroatoms. The quantitative estimate of drug-likeness (QED) is 0.896. The third-order valence-corrected chi connectivity index (χ3v) is 2.89. The molecule has 0 unspecified atom stereocenters. The molecule has 2 aromatic rings. The van der Waals surface area contributed by atoms with Crippen LogP contribution in [0.4, 0.5) is 19.6 Å². The van der Waals surface area contributed by atoms with Crippen LogP contribution in [0.2, 0.25) is 0 Å². The van der Waals surface area contributed by atoms with E-state index in [2.05, 4.69) is 10.3 Å². The van der Waals surface area contributed by atoms with E-state index in [9.17, 15) is 13.6 Å². The van der Waals surface area contributed by atoms with E-state index in [0.717, 1.165) is 23.5 Å². The van der Waals surface area contributed by atoms with E-state index in [1.165, 1.54) is 11.4 Å². The first-order chi connectivity index (χ1) is 8.56. The second-order valence-electron chi connectivity index (χ2n) is 3.44. The lowest BCUT2D eigenvalue weighted by molar-refractivity contribution is -0.136. The summed E-state index contributed by atoms with van der Waals surface area (Å²) in [5.74, 6) is -2.47. The Morgan fingerprint density at radius 3 is 2.67 bits per heavy atom. The molecule has 1 aromatic heterocycles. The fraction of sp³-hybridized carbons (Fsp3) is 0.0909. The van der Waals surface area contributed by atoms with Crippen molar-refractivity contribution < 1.29 is 18.7 Å². The molecule has 0 saturated heterocycles. The summed E-state index contributed by atoms with van der Waals surface area (Å²) in [5.41, 5.74) is 0.0421. The van der Waals surface area contributed by atoms with Gasteiger partial charge in [-0.05, 0) is 12.1 Å². The van der Waals surface area contributed by atoms with Crippen molar-refractivity contribution >= 4 is 28.1 Å². The van der Waals surface area contributed by atoms with Crippen molar-refractivity contribution in [1.82, 2.24) is 4.98 Å². The predicted octanol–water partition coefficient (Wildman–Crippen LogP) is 2.79. The van der Waals surface area contributed by atoms with Crippen LogP contribution in [0.3, 0.4) is 0 Å². The fourth-order valence-corrected chi connectivity index (χ4v) is 2.04. The normalized spacial score (nSPS) is 10.3. The lowest BCUT2D eigenvalue weighted by atomic mass is 10.3. The van der Waals surface area contributed by atoms with E-state index in [-0.39, 0.29) is 17.2 Å². The summed E-state index contributed by atoms with van der Waals surface area (Å²) in [6.07, 6.45) is -0.224. The van der Waals surface area contributed by atoms with Gasteiger partial charge in [-0.3, -0.25) is 4.79 Å². The number of hydrogen-bond acceptors (Lipinski definition) is 4. The number of benzene rings is 1. The number of aliphatic carboxylic acids is 1. The number of para-hydroxylation sites is 1. The van der Waals surface area contributed by atoms with Crippen LogP contribution in [-0.2, 0) is 11.2 Å². The van der Waals surface area contributed by atoms with Crippen molar-refractivity contribution in [3.63, 3.8) is 0 Å². The number of anilines is 2. The van der Waals surface area contributed by atoms with Crippen molar-refractivity contribution in [3.8, 4) is 0 Å². The molecule has 18 heavy (non-hydrogen) atoms. The molecule has 0 fully saturated rings. The highest BCUT2D eigenvalue weighted by Gasteiger charge is 2.11. The molecule has 94 valence electrons. The average Bonchev–Trinajstić information content (AvgIpc) is 2.70. The Bertz CT molecular complexity index is 566. The summed E-state index contributed by atoms with van der Waals surface area (Å²) in [7, 11) is 0. The van der Waals surface area contributed by atoms with Gasteiger partial charge < -0.3 is 10.4 Å². The Morgan fingerprint density at radius 2 is 2.06 bits per heavy atom. The fourth-order valence-electron chi connectivity index (χ4n) is 1.32. The molecule has 0 aliphatic rings. The molecule has 2 rings (SSSR count). The second kappa shape index (κ2) is 5.09. The molecule has 1 aromatic carbocycles. The van der Waals surface area contributed by atoms with Gasteiger partial charge in [0.1, 0.15) is 17.3 Å². The minimum atomic E-state index is -1.01. The van der Waals surface area contributed by atoms with Gasteiger partial charge in [0.25, 0.3) is 0 Å². The maximum absolute atomic E-state index is 13.3. The molecule has 0 aliphatic heterocycles. The largest absolute Gasteiger partial charge is 0.481 e. The Balaban J connectivity index is 2.19. The maximum atomic E-state index is 13.3. The SMILES string of the molecule is O=C(O)Cc1csc(Nc2c(F)cccc2F)n1. The maximum Gasteiger partial charge on any atom is 0.309 e. The number of nitrogens with zero attached hydrogens (tertiary/aromatic N) is 1. The van der Waals surface area contributed by atoms with Crippen molar-refractivity contribution in [2.75, 3.05) is 5.32 Å². The highest BCUT2D eigenvalue weighted by Crippen LogP contribution is 2.25. The van der Waals surface area contributed by atoms with Gasteiger partial charge in [0.15, 0.2) is 5.13 Å². The Hall–Kier alpha value is -2.02. The van der Waals surface area contributed by atoms with E-state index >= 15 is 0 Å². The summed E-state index contributed by atoms with van der Waals surface area (Å²) in [6.45, 7) is 0. The number of rotatable bonds is 4. The summed E-state index contributed by atoms with van der Waals surface area (Å²) < 4.78 is 26.7. The van der Waals surface area contributed by atoms with Crippen LogP contribution in [0.25, 0.3) is 0 Å². The van der Waals surface area contributed by atoms with E-state index in [4.69, 9.17) is 5.11 Å². The number of aromatic nitrogens is 1. The van der Waals surface area contributed by atoms with Gasteiger partial charge in [0.05, 0.1) is 12.1 Å². The highest BCUT2D eigenvalue weighted by atomic mass is 32.1. The van der Waals surface area contributed by atoms with Crippen LogP contribution >= 0.6 is 11.3 Å². The molecule has 2 N–H and O–H groups in total. The second-order valence-corrected chi connectivity index (χ2v) is 4.29. The standard InChI is InChI=1S/C11H8F2N2O2S/c12-7-2-1-3-8(13)10(7)15-11-14-6(5-18-11)4-9(16)17/h1-3,5H,4H2,(H,14,15)(H,16,17). The van der Waals surface area contributed by atoms with Crippen molar-refractivity contribution in [2.45, 2.75) is 6.42 Å². The van der Waals surface area contributed by atoms with Crippen LogP contribution in [0.1, 0.15) is 5.69 Å². The molecular formula is C11H8F2N2O2S. The molecule has 1 heterocycles. The molecule has 0 atom stereocenters. The lowest BCUT2D eigenvalue weighted by Gasteiger charge is -2.04. The van der Waals surface area contributed by atoms with Crippen molar-refractivity contribution in [3.05, 3.63) is 40.9 Å². The van der Waals surface area contributed by atoms with Crippen molar-refractivity contribution in [2.24, 2.45) is 0 Å². The van der Waals surface area contributed by atoms with Gasteiger partial charge in [0.2, 0.25) is 0 Å². The van der Waals surface area contributed by atoms with Crippen molar-refractivity contribution in [1.29, 1.82) is 0 Å². The van der Waals surface area contributed by atoms with Gasteiger partial charge in [0, 0.05) is 5.38 Å². The molecule has 0 radical (unpaired) electrons. The molecule has 0 amide bonds. The first-order valence-electron chi connectivity index (χ1n) is 4.93. The van der Waals surface area contributed by atoms with Gasteiger partial charge >= 0.3 is 5.97 Å². The van der Waals surface area contributed by atoms with Gasteiger partial charge in [-0.2, -0.15) is 0 Å². The summed E-state index contributed by atoms with van der Waals surface area (Å²) in [6, 6.07) is 3.50. The number of nitrogens with one attached hydrogen (secondary N) is 1. The van der Waals surface area contributed by atoms with Crippen LogP contribution in [0.5, 0.6) is 0 Å². The molecule has 0 saturated carbocycles. The molecule has 0 aliphatic carbocycles. The van der Waals surface area contributed by atoms with E-state index < -0.39 is 17.6 Å². The number of carbonyl (C=O) groups is 1. The topological polar surface area (TPSA) is 62.2 Å². The van der Waals surface area contributed by atoms with Crippen LogP contribution in [-0.4, -0.2) is 16.1 Å². The lowest BCUT2D eigenvalue weighted by Crippen LogP contribution is -2.01. The number of carboxylic acid groups (broad SMARTS) is 1. The first kappa shape index (κ1) is 12.4.